The van der Waals surface area contributed by atoms with Crippen LogP contribution in [-0.4, -0.2) is 30.2 Å². The van der Waals surface area contributed by atoms with E-state index in [0.29, 0.717) is 6.10 Å². The molecule has 4 nitrogen and oxygen atoms in total. The number of benzene rings is 1. The molecule has 1 aromatic carbocycles. The molecule has 1 rings (SSSR count). The van der Waals surface area contributed by atoms with Gasteiger partial charge < -0.3 is 14.4 Å². The smallest absolute Gasteiger partial charge is 0.499 e. The fourth-order valence-corrected chi connectivity index (χ4v) is 2.09. The van der Waals surface area contributed by atoms with Gasteiger partial charge in [-0.3, -0.25) is 0 Å². The second kappa shape index (κ2) is 8.92. The van der Waals surface area contributed by atoms with Crippen molar-refractivity contribution in [1.29, 1.82) is 0 Å². The first-order chi connectivity index (χ1) is 9.36. The Hall–Kier alpha value is -1.24. The fourth-order valence-electron chi connectivity index (χ4n) is 2.09. The summed E-state index contributed by atoms with van der Waals surface area (Å²) in [5.41, 5.74) is 0.867. The van der Waals surface area contributed by atoms with Crippen molar-refractivity contribution in [3.63, 3.8) is 0 Å². The Morgan fingerprint density at radius 1 is 1.10 bits per heavy atom. The predicted octanol–water partition coefficient (Wildman–Crippen LogP) is 0.855. The van der Waals surface area contributed by atoms with Crippen LogP contribution in [0.5, 0.6) is 5.75 Å². The number of carbonyl (C=O) groups excluding carboxylic acids is 1. The molecular weight excluding hydrogens is 261 g/mol. The Labute approximate surface area is 140 Å². The van der Waals surface area contributed by atoms with Gasteiger partial charge in [0.15, 0.2) is 0 Å². The standard InChI is InChI=1S/C16H24NO3.Li/c1-11(2)17(12(3)4)16(18)20-13(5)14-7-9-15(19-6)10-8-14;/h7-12H,1-6H3;/q-1;+1. The summed E-state index contributed by atoms with van der Waals surface area (Å²) >= 11 is 0. The zero-order chi connectivity index (χ0) is 15.3. The minimum absolute atomic E-state index is 0. The number of ether oxygens (including phenoxy) is 2. The Bertz CT molecular complexity index is 424. The second-order valence-electron chi connectivity index (χ2n) is 5.25. The number of hydrogen-bond acceptors (Lipinski definition) is 3. The summed E-state index contributed by atoms with van der Waals surface area (Å²) in [4.78, 5) is 13.9. The van der Waals surface area contributed by atoms with E-state index in [-0.39, 0.29) is 37.0 Å². The summed E-state index contributed by atoms with van der Waals surface area (Å²) in [5.74, 6) is 0.777. The molecule has 0 saturated heterocycles. The molecule has 0 atom stereocenters. The number of amides is 1. The van der Waals surface area contributed by atoms with E-state index in [0.717, 1.165) is 11.3 Å². The van der Waals surface area contributed by atoms with Crippen molar-refractivity contribution in [2.75, 3.05) is 7.11 Å². The molecule has 112 valence electrons. The molecule has 0 saturated carbocycles. The Kier molecular flexibility index (Phi) is 8.39. The van der Waals surface area contributed by atoms with Gasteiger partial charge in [0.05, 0.1) is 12.9 Å². The number of methoxy groups -OCH3 is 1. The van der Waals surface area contributed by atoms with E-state index < -0.39 is 0 Å². The van der Waals surface area contributed by atoms with Gasteiger partial charge in [-0.15, -0.1) is 0 Å². The van der Waals surface area contributed by atoms with Crippen molar-refractivity contribution in [1.82, 2.24) is 4.90 Å². The van der Waals surface area contributed by atoms with Crippen LogP contribution in [0.15, 0.2) is 24.3 Å². The van der Waals surface area contributed by atoms with E-state index in [4.69, 9.17) is 9.47 Å². The predicted molar refractivity (Wildman–Crippen MR) is 79.6 cm³/mol. The zero-order valence-electron chi connectivity index (χ0n) is 14.1. The van der Waals surface area contributed by atoms with Crippen LogP contribution in [0, 0.1) is 6.10 Å². The first-order valence-corrected chi connectivity index (χ1v) is 6.85. The molecule has 0 fully saturated rings. The second-order valence-corrected chi connectivity index (χ2v) is 5.25. The quantitative estimate of drug-likeness (QED) is 0.595. The van der Waals surface area contributed by atoms with Crippen molar-refractivity contribution in [3.8, 4) is 5.75 Å². The van der Waals surface area contributed by atoms with Crippen LogP contribution in [0.25, 0.3) is 0 Å². The molecule has 5 heteroatoms. The largest absolute Gasteiger partial charge is 1.00 e. The van der Waals surface area contributed by atoms with E-state index in [1.807, 2.05) is 52.0 Å². The van der Waals surface area contributed by atoms with E-state index in [1.165, 1.54) is 0 Å². The summed E-state index contributed by atoms with van der Waals surface area (Å²) in [6.07, 6.45) is 0.271. The van der Waals surface area contributed by atoms with E-state index >= 15 is 0 Å². The van der Waals surface area contributed by atoms with Crippen molar-refractivity contribution in [2.24, 2.45) is 0 Å². The van der Waals surface area contributed by atoms with Crippen LogP contribution in [0.4, 0.5) is 4.79 Å². The summed E-state index contributed by atoms with van der Waals surface area (Å²) < 4.78 is 10.6. The topological polar surface area (TPSA) is 38.8 Å². The fraction of sp³-hybridized carbons (Fsp3) is 0.500. The molecular formula is C16H24LiNO3. The van der Waals surface area contributed by atoms with Crippen molar-refractivity contribution >= 4 is 6.09 Å². The normalized spacial score (nSPS) is 10.1. The molecule has 21 heavy (non-hydrogen) atoms. The van der Waals surface area contributed by atoms with Crippen LogP contribution in [0.2, 0.25) is 0 Å². The molecule has 0 aromatic heterocycles. The van der Waals surface area contributed by atoms with Crippen molar-refractivity contribution < 1.29 is 33.1 Å². The zero-order valence-corrected chi connectivity index (χ0v) is 14.1. The number of nitrogens with zero attached hydrogens (tertiary/aromatic N) is 1. The summed E-state index contributed by atoms with van der Waals surface area (Å²) in [5, 5.41) is 0. The Morgan fingerprint density at radius 2 is 1.57 bits per heavy atom. The van der Waals surface area contributed by atoms with Gasteiger partial charge in [0.2, 0.25) is 0 Å². The van der Waals surface area contributed by atoms with E-state index in [2.05, 4.69) is 0 Å². The third-order valence-electron chi connectivity index (χ3n) is 3.06. The SMILES string of the molecule is COc1ccc([C-](C)OC(=O)N(C(C)C)C(C)C)cc1.[Li+]. The molecule has 0 aliphatic heterocycles. The van der Waals surface area contributed by atoms with Crippen molar-refractivity contribution in [2.45, 2.75) is 46.7 Å². The molecule has 1 amide bonds. The van der Waals surface area contributed by atoms with E-state index in [9.17, 15) is 4.79 Å². The molecule has 0 heterocycles. The molecule has 0 aliphatic carbocycles. The molecule has 0 aliphatic rings. The minimum Gasteiger partial charge on any atom is -0.499 e. The average Bonchev–Trinajstić information content (AvgIpc) is 2.37. The molecule has 0 spiro atoms. The van der Waals surface area contributed by atoms with Gasteiger partial charge in [-0.1, -0.05) is 19.1 Å². The van der Waals surface area contributed by atoms with Crippen LogP contribution in [0.1, 0.15) is 40.2 Å². The number of hydrogen-bond donors (Lipinski definition) is 0. The van der Waals surface area contributed by atoms with E-state index in [1.54, 1.807) is 18.9 Å². The summed E-state index contributed by atoms with van der Waals surface area (Å²) in [6, 6.07) is 7.63. The maximum absolute atomic E-state index is 12.2. The molecule has 0 radical (unpaired) electrons. The van der Waals surface area contributed by atoms with Gasteiger partial charge in [0.25, 0.3) is 0 Å². The molecule has 0 unspecified atom stereocenters. The van der Waals surface area contributed by atoms with Gasteiger partial charge in [0.1, 0.15) is 0 Å². The molecule has 0 N–H and O–H groups in total. The summed E-state index contributed by atoms with van der Waals surface area (Å²) in [6.45, 7) is 9.69. The monoisotopic (exact) mass is 285 g/mol. The van der Waals surface area contributed by atoms with Crippen LogP contribution in [0.3, 0.4) is 0 Å². The maximum Gasteiger partial charge on any atom is 1.00 e. The maximum atomic E-state index is 12.2. The summed E-state index contributed by atoms with van der Waals surface area (Å²) in [7, 11) is 1.62. The average molecular weight is 285 g/mol. The number of rotatable bonds is 5. The Balaban J connectivity index is 0.00000400. The Morgan fingerprint density at radius 3 is 1.95 bits per heavy atom. The van der Waals surface area contributed by atoms with Crippen LogP contribution in [-0.2, 0) is 4.74 Å². The van der Waals surface area contributed by atoms with Gasteiger partial charge in [-0.25, -0.2) is 4.79 Å². The molecule has 1 aromatic rings. The van der Waals surface area contributed by atoms with Gasteiger partial charge in [-0.05, 0) is 27.7 Å². The minimum atomic E-state index is -0.316. The van der Waals surface area contributed by atoms with Crippen molar-refractivity contribution in [3.05, 3.63) is 35.9 Å². The van der Waals surface area contributed by atoms with Gasteiger partial charge in [0, 0.05) is 18.2 Å². The van der Waals surface area contributed by atoms with Crippen LogP contribution < -0.4 is 23.6 Å². The first kappa shape index (κ1) is 19.8. The molecule has 0 bridgehead atoms. The van der Waals surface area contributed by atoms with Gasteiger partial charge >= 0.3 is 25.0 Å². The third-order valence-corrected chi connectivity index (χ3v) is 3.06. The van der Waals surface area contributed by atoms with Crippen LogP contribution >= 0.6 is 0 Å². The van der Waals surface area contributed by atoms with Gasteiger partial charge in [-0.2, -0.15) is 17.7 Å². The third kappa shape index (κ3) is 5.57. The number of carbonyl (C=O) groups is 1. The first-order valence-electron chi connectivity index (χ1n) is 6.85.